The van der Waals surface area contributed by atoms with Crippen LogP contribution in [0.4, 0.5) is 4.39 Å². The third-order valence-corrected chi connectivity index (χ3v) is 6.50. The number of likely N-dealkylation sites (tertiary alicyclic amines) is 1. The highest BCUT2D eigenvalue weighted by molar-refractivity contribution is 5.89. The number of hydrogen-bond acceptors (Lipinski definition) is 4. The summed E-state index contributed by atoms with van der Waals surface area (Å²) in [6.07, 6.45) is 1.33. The number of aliphatic hydroxyl groups is 1. The van der Waals surface area contributed by atoms with Gasteiger partial charge in [0.25, 0.3) is 0 Å². The predicted molar refractivity (Wildman–Crippen MR) is 76.4 cm³/mol. The van der Waals surface area contributed by atoms with Crippen molar-refractivity contribution < 1.29 is 19.0 Å². The maximum absolute atomic E-state index is 14.3. The van der Waals surface area contributed by atoms with Gasteiger partial charge in [-0.05, 0) is 44.5 Å². The summed E-state index contributed by atoms with van der Waals surface area (Å²) in [6.45, 7) is 0.787. The van der Waals surface area contributed by atoms with Gasteiger partial charge >= 0.3 is 0 Å². The molecule has 1 saturated carbocycles. The van der Waals surface area contributed by atoms with Crippen LogP contribution in [-0.2, 0) is 16.6 Å². The van der Waals surface area contributed by atoms with Crippen LogP contribution >= 0.6 is 0 Å². The Morgan fingerprint density at radius 1 is 1.41 bits per heavy atom. The summed E-state index contributed by atoms with van der Waals surface area (Å²) >= 11 is 0. The maximum Gasteiger partial charge on any atom is 0.174 e. The van der Waals surface area contributed by atoms with E-state index in [9.17, 15) is 14.3 Å². The van der Waals surface area contributed by atoms with Crippen molar-refractivity contribution in [3.05, 3.63) is 29.1 Å². The summed E-state index contributed by atoms with van der Waals surface area (Å²) in [5.41, 5.74) is 0.0297. The molecule has 0 radical (unpaired) electrons. The fourth-order valence-electron chi connectivity index (χ4n) is 5.52. The highest BCUT2D eigenvalue weighted by Crippen LogP contribution is 2.63. The average molecular weight is 303 g/mol. The number of ether oxygens (including phenoxy) is 1. The van der Waals surface area contributed by atoms with Gasteiger partial charge in [-0.25, -0.2) is 4.39 Å². The van der Waals surface area contributed by atoms with Crippen LogP contribution in [0.2, 0.25) is 0 Å². The SMILES string of the molecule is CN1CC[C@]23c4c5ccc(F)c4O[C@H]2C(=O)CC[C@@]3(O)[C@H]1C5. The lowest BCUT2D eigenvalue weighted by molar-refractivity contribution is -0.185. The lowest BCUT2D eigenvalue weighted by Crippen LogP contribution is -2.76. The molecule has 2 aliphatic heterocycles. The predicted octanol–water partition coefficient (Wildman–Crippen LogP) is 1.18. The van der Waals surface area contributed by atoms with Gasteiger partial charge in [-0.1, -0.05) is 6.07 Å². The molecular formula is C17H18FNO3. The van der Waals surface area contributed by atoms with E-state index in [2.05, 4.69) is 4.90 Å². The average Bonchev–Trinajstić information content (AvgIpc) is 2.85. The summed E-state index contributed by atoms with van der Waals surface area (Å²) in [5.74, 6) is -0.217. The number of hydrogen-bond donors (Lipinski definition) is 1. The summed E-state index contributed by atoms with van der Waals surface area (Å²) < 4.78 is 20.1. The van der Waals surface area contributed by atoms with Crippen molar-refractivity contribution in [1.82, 2.24) is 4.90 Å². The van der Waals surface area contributed by atoms with Crippen LogP contribution in [0.5, 0.6) is 5.75 Å². The maximum atomic E-state index is 14.3. The molecule has 5 rings (SSSR count). The molecule has 2 aliphatic carbocycles. The molecule has 4 atom stereocenters. The van der Waals surface area contributed by atoms with Crippen LogP contribution in [0.25, 0.3) is 0 Å². The number of likely N-dealkylation sites (N-methyl/N-ethyl adjacent to an activating group) is 1. The van der Waals surface area contributed by atoms with Crippen molar-refractivity contribution in [2.75, 3.05) is 13.6 Å². The second-order valence-corrected chi connectivity index (χ2v) is 7.22. The van der Waals surface area contributed by atoms with E-state index in [1.807, 2.05) is 7.05 Å². The van der Waals surface area contributed by atoms with E-state index in [4.69, 9.17) is 4.74 Å². The molecule has 22 heavy (non-hydrogen) atoms. The Balaban J connectivity index is 1.88. The highest BCUT2D eigenvalue weighted by atomic mass is 19.1. The molecule has 4 nitrogen and oxygen atoms in total. The van der Waals surface area contributed by atoms with Crippen molar-refractivity contribution in [1.29, 1.82) is 0 Å². The minimum absolute atomic E-state index is 0.00331. The Bertz CT molecular complexity index is 720. The van der Waals surface area contributed by atoms with Crippen LogP contribution in [0.3, 0.4) is 0 Å². The Hall–Kier alpha value is -1.46. The zero-order valence-corrected chi connectivity index (χ0v) is 12.4. The van der Waals surface area contributed by atoms with Crippen LogP contribution in [0, 0.1) is 5.82 Å². The van der Waals surface area contributed by atoms with Gasteiger partial charge in [0.2, 0.25) is 0 Å². The molecule has 1 aromatic rings. The van der Waals surface area contributed by atoms with E-state index in [1.165, 1.54) is 6.07 Å². The van der Waals surface area contributed by atoms with E-state index in [0.717, 1.165) is 17.7 Å². The third kappa shape index (κ3) is 1.15. The van der Waals surface area contributed by atoms with Crippen LogP contribution in [0.15, 0.2) is 12.1 Å². The smallest absolute Gasteiger partial charge is 0.174 e. The number of Topliss-reactive ketones (excluding diaryl/α,β-unsaturated/α-hetero) is 1. The number of piperidine rings is 1. The Morgan fingerprint density at radius 3 is 3.05 bits per heavy atom. The summed E-state index contributed by atoms with van der Waals surface area (Å²) in [5, 5.41) is 11.6. The van der Waals surface area contributed by atoms with Gasteiger partial charge in [0, 0.05) is 18.0 Å². The molecule has 5 heteroatoms. The van der Waals surface area contributed by atoms with E-state index in [0.29, 0.717) is 25.7 Å². The first-order valence-corrected chi connectivity index (χ1v) is 7.93. The first kappa shape index (κ1) is 13.0. The van der Waals surface area contributed by atoms with Gasteiger partial charge in [-0.3, -0.25) is 4.79 Å². The summed E-state index contributed by atoms with van der Waals surface area (Å²) in [7, 11) is 2.02. The second kappa shape index (κ2) is 3.71. The zero-order chi connectivity index (χ0) is 15.3. The Labute approximate surface area is 127 Å². The Kier molecular flexibility index (Phi) is 2.20. The van der Waals surface area contributed by atoms with E-state index in [1.54, 1.807) is 6.07 Å². The van der Waals surface area contributed by atoms with Crippen LogP contribution in [-0.4, -0.2) is 47.1 Å². The standard InChI is InChI=1S/C17H18FNO3/c1-19-7-6-16-13-9-2-3-10(18)14(13)22-15(16)11(20)4-5-17(16,21)12(19)8-9/h2-3,12,15,21H,4-8H2,1H3/t12-,15+,16+,17-/m1/s1. The number of nitrogens with zero attached hydrogens (tertiary/aromatic N) is 1. The normalized spacial score (nSPS) is 42.0. The van der Waals surface area contributed by atoms with Crippen molar-refractivity contribution in [2.45, 2.75) is 48.8 Å². The van der Waals surface area contributed by atoms with Crippen molar-refractivity contribution in [3.8, 4) is 5.75 Å². The van der Waals surface area contributed by atoms with Gasteiger partial charge in [0.05, 0.1) is 11.0 Å². The van der Waals surface area contributed by atoms with E-state index < -0.39 is 22.9 Å². The van der Waals surface area contributed by atoms with E-state index in [-0.39, 0.29) is 17.6 Å². The molecule has 2 bridgehead atoms. The fraction of sp³-hybridized carbons (Fsp3) is 0.588. The molecule has 2 heterocycles. The largest absolute Gasteiger partial charge is 0.478 e. The number of halogens is 1. The highest BCUT2D eigenvalue weighted by Gasteiger charge is 2.72. The molecule has 0 aromatic heterocycles. The van der Waals surface area contributed by atoms with Gasteiger partial charge in [0.1, 0.15) is 0 Å². The zero-order valence-electron chi connectivity index (χ0n) is 12.4. The fourth-order valence-corrected chi connectivity index (χ4v) is 5.52. The first-order chi connectivity index (χ1) is 10.5. The minimum atomic E-state index is -1.01. The third-order valence-electron chi connectivity index (χ3n) is 6.50. The van der Waals surface area contributed by atoms with Gasteiger partial charge in [0.15, 0.2) is 23.5 Å². The lowest BCUT2D eigenvalue weighted by atomic mass is 9.49. The van der Waals surface area contributed by atoms with Gasteiger partial charge in [-0.15, -0.1) is 0 Å². The van der Waals surface area contributed by atoms with Crippen LogP contribution in [0.1, 0.15) is 30.4 Å². The van der Waals surface area contributed by atoms with Crippen molar-refractivity contribution >= 4 is 5.78 Å². The summed E-state index contributed by atoms with van der Waals surface area (Å²) in [4.78, 5) is 14.7. The molecule has 1 spiro atoms. The topological polar surface area (TPSA) is 49.8 Å². The second-order valence-electron chi connectivity index (χ2n) is 7.22. The summed E-state index contributed by atoms with van der Waals surface area (Å²) in [6, 6.07) is 3.18. The van der Waals surface area contributed by atoms with Gasteiger partial charge in [-0.2, -0.15) is 0 Å². The molecule has 116 valence electrons. The molecule has 1 aromatic carbocycles. The Morgan fingerprint density at radius 2 is 2.23 bits per heavy atom. The molecule has 1 saturated heterocycles. The number of rotatable bonds is 0. The minimum Gasteiger partial charge on any atom is -0.478 e. The van der Waals surface area contributed by atoms with Crippen molar-refractivity contribution in [2.24, 2.45) is 0 Å². The van der Waals surface area contributed by atoms with Gasteiger partial charge < -0.3 is 14.7 Å². The first-order valence-electron chi connectivity index (χ1n) is 7.93. The monoisotopic (exact) mass is 303 g/mol. The molecular weight excluding hydrogens is 285 g/mol. The molecule has 2 fully saturated rings. The molecule has 4 aliphatic rings. The number of carbonyl (C=O) groups excluding carboxylic acids is 1. The lowest BCUT2D eigenvalue weighted by Gasteiger charge is -2.61. The molecule has 0 unspecified atom stereocenters. The van der Waals surface area contributed by atoms with E-state index >= 15 is 0 Å². The number of ketones is 1. The number of benzene rings is 1. The van der Waals surface area contributed by atoms with Crippen LogP contribution < -0.4 is 4.74 Å². The molecule has 0 amide bonds. The molecule has 1 N–H and O–H groups in total. The quantitative estimate of drug-likeness (QED) is 0.782. The number of carbonyl (C=O) groups is 1. The van der Waals surface area contributed by atoms with Crippen molar-refractivity contribution in [3.63, 3.8) is 0 Å².